The lowest BCUT2D eigenvalue weighted by Crippen LogP contribution is -2.36. The summed E-state index contributed by atoms with van der Waals surface area (Å²) in [7, 11) is 0. The molecule has 294 valence electrons. The van der Waals surface area contributed by atoms with Gasteiger partial charge in [-0.1, -0.05) is 135 Å². The van der Waals surface area contributed by atoms with Gasteiger partial charge in [-0.2, -0.15) is 0 Å². The molecule has 5 rings (SSSR count). The van der Waals surface area contributed by atoms with E-state index in [1.165, 1.54) is 86.2 Å². The lowest BCUT2D eigenvalue weighted by molar-refractivity contribution is 0.0323. The first-order valence-electron chi connectivity index (χ1n) is 21.2. The van der Waals surface area contributed by atoms with E-state index < -0.39 is 0 Å². The first kappa shape index (κ1) is 42.4. The quantitative estimate of drug-likeness (QED) is 0.107. The molecular weight excluding hydrogens is 705 g/mol. The molecule has 4 aromatic rings. The summed E-state index contributed by atoms with van der Waals surface area (Å²) >= 11 is 5.88. The maximum atomic E-state index is 7.56. The van der Waals surface area contributed by atoms with Crippen molar-refractivity contribution in [1.29, 1.82) is 0 Å². The van der Waals surface area contributed by atoms with Crippen LogP contribution in [0.15, 0.2) is 12.1 Å². The molecule has 0 bridgehead atoms. The minimum atomic E-state index is -0.332. The molecule has 0 saturated carbocycles. The molecule has 2 atom stereocenters. The van der Waals surface area contributed by atoms with E-state index in [2.05, 4.69) is 109 Å². The van der Waals surface area contributed by atoms with Crippen molar-refractivity contribution in [2.45, 2.75) is 190 Å². The Morgan fingerprint density at radius 1 is 0.623 bits per heavy atom. The summed E-state index contributed by atoms with van der Waals surface area (Å²) in [5.41, 5.74) is 5.65. The average molecular weight is 777 g/mol. The van der Waals surface area contributed by atoms with Gasteiger partial charge < -0.3 is 4.74 Å². The van der Waals surface area contributed by atoms with E-state index in [0.717, 1.165) is 65.7 Å². The monoisotopic (exact) mass is 776 g/mol. The Labute approximate surface area is 336 Å². The van der Waals surface area contributed by atoms with Crippen LogP contribution in [0.25, 0.3) is 30.5 Å². The van der Waals surface area contributed by atoms with Gasteiger partial charge >= 0.3 is 0 Å². The van der Waals surface area contributed by atoms with Crippen LogP contribution in [0.2, 0.25) is 0 Å². The van der Waals surface area contributed by atoms with Crippen molar-refractivity contribution < 1.29 is 4.74 Å². The molecule has 0 saturated heterocycles. The number of hydrogen-bond donors (Lipinski definition) is 0. The third kappa shape index (κ3) is 9.80. The number of aromatic nitrogens is 2. The highest BCUT2D eigenvalue weighted by Crippen LogP contribution is 2.59. The second-order valence-electron chi connectivity index (χ2n) is 19.5. The molecule has 0 radical (unpaired) electrons. The van der Waals surface area contributed by atoms with Crippen LogP contribution in [0.1, 0.15) is 188 Å². The van der Waals surface area contributed by atoms with Gasteiger partial charge in [0.05, 0.1) is 26.0 Å². The van der Waals surface area contributed by atoms with Gasteiger partial charge in [0.25, 0.3) is 0 Å². The highest BCUT2D eigenvalue weighted by molar-refractivity contribution is 7.27. The van der Waals surface area contributed by atoms with E-state index in [9.17, 15) is 0 Å². The van der Waals surface area contributed by atoms with Crippen LogP contribution in [0.3, 0.4) is 0 Å². The standard InChI is InChI=1S/C47H72N2OS3/c1-15-34-35(16-2)49-40-39(48-34)43(53-44(40)46(12,13)14)37-27-33-41(51-37)42-36(28-38(52-42)45(9,10)11)50-47(33,25-23-31(7)21-17-19-29(3)4)26-24-32(8)22-18-20-30(5)6/h27-32H,15-26H2,1-14H3. The number of thiophene rings is 3. The first-order chi connectivity index (χ1) is 24.9. The van der Waals surface area contributed by atoms with Gasteiger partial charge in [0.15, 0.2) is 0 Å². The smallest absolute Gasteiger partial charge is 0.140 e. The summed E-state index contributed by atoms with van der Waals surface area (Å²) in [6.45, 7) is 32.9. The van der Waals surface area contributed by atoms with Crippen LogP contribution in [0.4, 0.5) is 0 Å². The Morgan fingerprint density at radius 3 is 1.66 bits per heavy atom. The molecule has 6 heteroatoms. The third-order valence-corrected chi connectivity index (χ3v) is 16.1. The Morgan fingerprint density at radius 2 is 1.17 bits per heavy atom. The summed E-state index contributed by atoms with van der Waals surface area (Å²) < 4.78 is 7.56. The third-order valence-electron chi connectivity index (χ3n) is 11.5. The van der Waals surface area contributed by atoms with Crippen LogP contribution in [0, 0.1) is 23.7 Å². The second-order valence-corrected chi connectivity index (χ2v) is 22.6. The Hall–Kier alpha value is -1.76. The molecule has 2 unspecified atom stereocenters. The molecule has 0 fully saturated rings. The van der Waals surface area contributed by atoms with E-state index in [1.807, 2.05) is 34.0 Å². The van der Waals surface area contributed by atoms with Gasteiger partial charge in [-0.15, -0.1) is 34.0 Å². The number of fused-ring (bicyclic) bond motifs is 4. The molecule has 0 spiro atoms. The van der Waals surface area contributed by atoms with Crippen molar-refractivity contribution in [3.05, 3.63) is 38.8 Å². The van der Waals surface area contributed by atoms with E-state index in [0.29, 0.717) is 11.8 Å². The van der Waals surface area contributed by atoms with Crippen molar-refractivity contribution in [1.82, 2.24) is 9.97 Å². The van der Waals surface area contributed by atoms with Crippen LogP contribution >= 0.6 is 34.0 Å². The number of ether oxygens (including phenoxy) is 1. The fraction of sp³-hybridized carbons (Fsp3) is 0.702. The van der Waals surface area contributed by atoms with E-state index in [4.69, 9.17) is 14.7 Å². The van der Waals surface area contributed by atoms with Gasteiger partial charge in [-0.3, -0.25) is 0 Å². The Balaban J connectivity index is 1.66. The Bertz CT molecular complexity index is 1780. The lowest BCUT2D eigenvalue weighted by atomic mass is 9.78. The summed E-state index contributed by atoms with van der Waals surface area (Å²) in [6, 6.07) is 4.96. The van der Waals surface area contributed by atoms with Crippen LogP contribution in [-0.4, -0.2) is 9.97 Å². The molecule has 0 aromatic carbocycles. The number of aryl methyl sites for hydroxylation is 2. The minimum absolute atomic E-state index is 0.0156. The van der Waals surface area contributed by atoms with Gasteiger partial charge in [-0.05, 0) is 85.2 Å². The summed E-state index contributed by atoms with van der Waals surface area (Å²) in [5.74, 6) is 4.02. The van der Waals surface area contributed by atoms with Crippen molar-refractivity contribution in [2.75, 3.05) is 0 Å². The highest BCUT2D eigenvalue weighted by atomic mass is 32.1. The zero-order valence-electron chi connectivity index (χ0n) is 36.0. The molecule has 1 aliphatic heterocycles. The van der Waals surface area contributed by atoms with Crippen LogP contribution in [0.5, 0.6) is 5.75 Å². The lowest BCUT2D eigenvalue weighted by Gasteiger charge is -2.39. The maximum Gasteiger partial charge on any atom is 0.140 e. The van der Waals surface area contributed by atoms with E-state index >= 15 is 0 Å². The zero-order valence-corrected chi connectivity index (χ0v) is 38.4. The summed E-state index contributed by atoms with van der Waals surface area (Å²) in [5, 5.41) is 0. The maximum absolute atomic E-state index is 7.56. The molecular formula is C47H72N2OS3. The predicted octanol–water partition coefficient (Wildman–Crippen LogP) is 15.9. The summed E-state index contributed by atoms with van der Waals surface area (Å²) in [6.07, 6.45) is 14.2. The Kier molecular flexibility index (Phi) is 13.7. The SMILES string of the molecule is CCc1nc2c(-c3cc4c(s3)-c3sc(C(C)(C)C)cc3OC4(CCC(C)CCCC(C)C)CCC(C)CCCC(C)C)sc(C(C)(C)C)c2nc1CC. The fourth-order valence-electron chi connectivity index (χ4n) is 8.01. The molecule has 0 aliphatic carbocycles. The average Bonchev–Trinajstić information content (AvgIpc) is 3.80. The highest BCUT2D eigenvalue weighted by Gasteiger charge is 2.44. The van der Waals surface area contributed by atoms with Gasteiger partial charge in [0.1, 0.15) is 22.4 Å². The van der Waals surface area contributed by atoms with Crippen LogP contribution < -0.4 is 4.74 Å². The van der Waals surface area contributed by atoms with Gasteiger partial charge in [0.2, 0.25) is 0 Å². The zero-order chi connectivity index (χ0) is 38.9. The molecule has 53 heavy (non-hydrogen) atoms. The van der Waals surface area contributed by atoms with E-state index in [1.54, 1.807) is 0 Å². The van der Waals surface area contributed by atoms with Crippen molar-refractivity contribution >= 4 is 45.0 Å². The molecule has 0 amide bonds. The van der Waals surface area contributed by atoms with Crippen molar-refractivity contribution in [3.63, 3.8) is 0 Å². The number of rotatable bonds is 17. The minimum Gasteiger partial charge on any atom is -0.481 e. The number of hydrogen-bond acceptors (Lipinski definition) is 6. The van der Waals surface area contributed by atoms with Gasteiger partial charge in [0, 0.05) is 20.2 Å². The number of nitrogens with zero attached hydrogens (tertiary/aromatic N) is 2. The van der Waals surface area contributed by atoms with Crippen molar-refractivity contribution in [3.8, 4) is 25.3 Å². The molecule has 1 aliphatic rings. The molecule has 5 heterocycles. The van der Waals surface area contributed by atoms with Crippen molar-refractivity contribution in [2.24, 2.45) is 23.7 Å². The van der Waals surface area contributed by atoms with Crippen LogP contribution in [-0.2, 0) is 29.3 Å². The normalized spacial score (nSPS) is 17.4. The topological polar surface area (TPSA) is 35.0 Å². The predicted molar refractivity (Wildman–Crippen MR) is 237 cm³/mol. The summed E-state index contributed by atoms with van der Waals surface area (Å²) in [4.78, 5) is 18.9. The van der Waals surface area contributed by atoms with Gasteiger partial charge in [-0.25, -0.2) is 9.97 Å². The van der Waals surface area contributed by atoms with E-state index in [-0.39, 0.29) is 16.4 Å². The second kappa shape index (κ2) is 17.2. The fourth-order valence-corrected chi connectivity index (χ4v) is 11.9. The first-order valence-corrected chi connectivity index (χ1v) is 23.6. The molecule has 3 nitrogen and oxygen atoms in total. The molecule has 4 aromatic heterocycles. The largest absolute Gasteiger partial charge is 0.481 e. The molecule has 0 N–H and O–H groups in total.